The van der Waals surface area contributed by atoms with Crippen LogP contribution in [0.25, 0.3) is 0 Å². The monoisotopic (exact) mass is 185 g/mol. The van der Waals surface area contributed by atoms with Crippen LogP contribution >= 0.6 is 11.6 Å². The Morgan fingerprint density at radius 3 is 2.92 bits per heavy atom. The van der Waals surface area contributed by atoms with Gasteiger partial charge in [0.25, 0.3) is 0 Å². The van der Waals surface area contributed by atoms with Crippen molar-refractivity contribution < 1.29 is 4.74 Å². The maximum absolute atomic E-state index is 10.1. The molecule has 0 fully saturated rings. The zero-order chi connectivity index (χ0) is 8.97. The summed E-state index contributed by atoms with van der Waals surface area (Å²) in [4.78, 5) is 10.1. The third kappa shape index (κ3) is 1.95. The maximum Gasteiger partial charge on any atom is 0.190 e. The molecule has 0 aromatic heterocycles. The molecule has 0 bridgehead atoms. The summed E-state index contributed by atoms with van der Waals surface area (Å²) in [6.07, 6.45) is 0. The van der Waals surface area contributed by atoms with E-state index in [0.29, 0.717) is 11.3 Å². The van der Waals surface area contributed by atoms with E-state index < -0.39 is 5.50 Å². The van der Waals surface area contributed by atoms with Gasteiger partial charge in [0.2, 0.25) is 0 Å². The van der Waals surface area contributed by atoms with Crippen LogP contribution in [-0.2, 0) is 0 Å². The molecule has 1 aromatic rings. The highest BCUT2D eigenvalue weighted by Gasteiger charge is 2.06. The van der Waals surface area contributed by atoms with Crippen molar-refractivity contribution in [3.8, 4) is 5.75 Å². The van der Waals surface area contributed by atoms with Crippen molar-refractivity contribution in [3.05, 3.63) is 34.7 Å². The first-order chi connectivity index (χ1) is 5.77. The van der Waals surface area contributed by atoms with Crippen LogP contribution in [0.15, 0.2) is 29.4 Å². The van der Waals surface area contributed by atoms with Crippen LogP contribution in [0.5, 0.6) is 5.75 Å². The Bertz CT molecular complexity index is 278. The molecule has 0 amide bonds. The Morgan fingerprint density at radius 1 is 1.58 bits per heavy atom. The van der Waals surface area contributed by atoms with Crippen molar-refractivity contribution in [2.75, 3.05) is 7.11 Å². The highest BCUT2D eigenvalue weighted by molar-refractivity contribution is 6.20. The molecule has 1 unspecified atom stereocenters. The van der Waals surface area contributed by atoms with E-state index in [0.717, 1.165) is 0 Å². The Kier molecular flexibility index (Phi) is 3.05. The lowest BCUT2D eigenvalue weighted by atomic mass is 10.2. The Balaban J connectivity index is 2.93. The van der Waals surface area contributed by atoms with E-state index in [1.54, 1.807) is 31.4 Å². The average molecular weight is 186 g/mol. The first kappa shape index (κ1) is 9.00. The molecule has 0 heterocycles. The highest BCUT2D eigenvalue weighted by Crippen LogP contribution is 2.24. The number of hydrogen-bond donors (Lipinski definition) is 0. The third-order valence-electron chi connectivity index (χ3n) is 1.46. The summed E-state index contributed by atoms with van der Waals surface area (Å²) in [7, 11) is 1.55. The van der Waals surface area contributed by atoms with Crippen LogP contribution < -0.4 is 4.74 Å². The standard InChI is InChI=1S/C8H8ClNO2/c1-12-7-4-2-3-6(5-7)8(9)10-11/h2-5,8H,1H3. The molecule has 0 aliphatic rings. The molecule has 0 aliphatic heterocycles. The van der Waals surface area contributed by atoms with Gasteiger partial charge in [-0.1, -0.05) is 23.7 Å². The number of ether oxygens (including phenoxy) is 1. The van der Waals surface area contributed by atoms with E-state index in [2.05, 4.69) is 5.18 Å². The molecule has 0 N–H and O–H groups in total. The molecule has 3 nitrogen and oxygen atoms in total. The second kappa shape index (κ2) is 4.07. The number of hydrogen-bond acceptors (Lipinski definition) is 3. The second-order valence-electron chi connectivity index (χ2n) is 2.22. The van der Waals surface area contributed by atoms with Gasteiger partial charge in [-0.3, -0.25) is 0 Å². The minimum atomic E-state index is -0.833. The van der Waals surface area contributed by atoms with Crippen LogP contribution in [0, 0.1) is 4.91 Å². The van der Waals surface area contributed by atoms with Gasteiger partial charge >= 0.3 is 0 Å². The van der Waals surface area contributed by atoms with Gasteiger partial charge in [-0.2, -0.15) is 0 Å². The molecular formula is C8H8ClNO2. The minimum absolute atomic E-state index is 0.644. The van der Waals surface area contributed by atoms with Crippen molar-refractivity contribution in [2.24, 2.45) is 5.18 Å². The van der Waals surface area contributed by atoms with Crippen molar-refractivity contribution in [3.63, 3.8) is 0 Å². The summed E-state index contributed by atoms with van der Waals surface area (Å²) in [6, 6.07) is 6.94. The number of rotatable bonds is 3. The first-order valence-electron chi connectivity index (χ1n) is 3.38. The van der Waals surface area contributed by atoms with Crippen LogP contribution in [0.1, 0.15) is 11.1 Å². The van der Waals surface area contributed by atoms with Crippen molar-refractivity contribution in [1.29, 1.82) is 0 Å². The van der Waals surface area contributed by atoms with Gasteiger partial charge in [0.15, 0.2) is 5.50 Å². The Labute approximate surface area is 75.3 Å². The molecule has 0 saturated heterocycles. The van der Waals surface area contributed by atoms with E-state index in [9.17, 15) is 4.91 Å². The molecule has 1 aromatic carbocycles. The quantitative estimate of drug-likeness (QED) is 0.413. The fourth-order valence-electron chi connectivity index (χ4n) is 0.851. The minimum Gasteiger partial charge on any atom is -0.497 e. The molecule has 4 heteroatoms. The lowest BCUT2D eigenvalue weighted by Crippen LogP contribution is -1.87. The topological polar surface area (TPSA) is 38.7 Å². The van der Waals surface area contributed by atoms with Gasteiger partial charge < -0.3 is 4.74 Å². The molecule has 1 rings (SSSR count). The zero-order valence-electron chi connectivity index (χ0n) is 6.53. The summed E-state index contributed by atoms with van der Waals surface area (Å²) >= 11 is 5.58. The van der Waals surface area contributed by atoms with E-state index in [1.165, 1.54) is 0 Å². The van der Waals surface area contributed by atoms with Crippen molar-refractivity contribution in [2.45, 2.75) is 5.50 Å². The van der Waals surface area contributed by atoms with Gasteiger partial charge in [-0.15, -0.1) is 4.91 Å². The predicted octanol–water partition coefficient (Wildman–Crippen LogP) is 2.70. The van der Waals surface area contributed by atoms with Gasteiger partial charge in [-0.05, 0) is 22.9 Å². The smallest absolute Gasteiger partial charge is 0.190 e. The molecule has 64 valence electrons. The maximum atomic E-state index is 10.1. The first-order valence-corrected chi connectivity index (χ1v) is 3.82. The SMILES string of the molecule is COc1cccc(C(Cl)N=O)c1. The number of alkyl halides is 1. The fraction of sp³-hybridized carbons (Fsp3) is 0.250. The van der Waals surface area contributed by atoms with E-state index >= 15 is 0 Å². The summed E-state index contributed by atoms with van der Waals surface area (Å²) in [5, 5.41) is 2.69. The number of methoxy groups -OCH3 is 1. The van der Waals surface area contributed by atoms with E-state index in [-0.39, 0.29) is 0 Å². The van der Waals surface area contributed by atoms with Gasteiger partial charge in [0.1, 0.15) is 5.75 Å². The van der Waals surface area contributed by atoms with E-state index in [1.807, 2.05) is 0 Å². The predicted molar refractivity (Wildman–Crippen MR) is 47.4 cm³/mol. The lowest BCUT2D eigenvalue weighted by Gasteiger charge is -2.03. The van der Waals surface area contributed by atoms with Gasteiger partial charge in [0, 0.05) is 0 Å². The molecule has 1 atom stereocenters. The zero-order valence-corrected chi connectivity index (χ0v) is 7.28. The van der Waals surface area contributed by atoms with Gasteiger partial charge in [0.05, 0.1) is 7.11 Å². The molecule has 0 aliphatic carbocycles. The van der Waals surface area contributed by atoms with Crippen LogP contribution in [0.4, 0.5) is 0 Å². The van der Waals surface area contributed by atoms with Crippen LogP contribution in [0.2, 0.25) is 0 Å². The second-order valence-corrected chi connectivity index (χ2v) is 2.63. The molecule has 0 spiro atoms. The Morgan fingerprint density at radius 2 is 2.33 bits per heavy atom. The average Bonchev–Trinajstić information content (AvgIpc) is 2.17. The largest absolute Gasteiger partial charge is 0.497 e. The molecule has 12 heavy (non-hydrogen) atoms. The normalized spacial score (nSPS) is 12.2. The fourth-order valence-corrected chi connectivity index (χ4v) is 0.986. The Hall–Kier alpha value is -1.09. The van der Waals surface area contributed by atoms with E-state index in [4.69, 9.17) is 16.3 Å². The third-order valence-corrected chi connectivity index (χ3v) is 1.79. The summed E-state index contributed by atoms with van der Waals surface area (Å²) in [6.45, 7) is 0. The summed E-state index contributed by atoms with van der Waals surface area (Å²) in [5.41, 5.74) is -0.189. The molecule has 0 saturated carbocycles. The summed E-state index contributed by atoms with van der Waals surface area (Å²) < 4.78 is 4.95. The highest BCUT2D eigenvalue weighted by atomic mass is 35.5. The van der Waals surface area contributed by atoms with Crippen LogP contribution in [0.3, 0.4) is 0 Å². The van der Waals surface area contributed by atoms with Crippen molar-refractivity contribution >= 4 is 11.6 Å². The number of halogens is 1. The lowest BCUT2D eigenvalue weighted by molar-refractivity contribution is 0.414. The molecule has 0 radical (unpaired) electrons. The number of nitrogens with zero attached hydrogens (tertiary/aromatic N) is 1. The van der Waals surface area contributed by atoms with Gasteiger partial charge in [-0.25, -0.2) is 0 Å². The number of nitroso groups, excluding NO2 is 1. The van der Waals surface area contributed by atoms with Crippen LogP contribution in [-0.4, -0.2) is 7.11 Å². The van der Waals surface area contributed by atoms with Crippen molar-refractivity contribution in [1.82, 2.24) is 0 Å². The number of benzene rings is 1. The molecular weight excluding hydrogens is 178 g/mol. The summed E-state index contributed by atoms with van der Waals surface area (Å²) in [5.74, 6) is 0.668.